The van der Waals surface area contributed by atoms with Gasteiger partial charge in [-0.3, -0.25) is 0 Å². The number of carbonyl (C=O) groups is 1. The fourth-order valence-electron chi connectivity index (χ4n) is 1.41. The molecule has 0 fully saturated rings. The molecule has 0 aliphatic carbocycles. The van der Waals surface area contributed by atoms with Gasteiger partial charge < -0.3 is 9.67 Å². The number of imidazole rings is 1. The molecule has 1 atom stereocenters. The van der Waals surface area contributed by atoms with Crippen molar-refractivity contribution in [3.8, 4) is 0 Å². The van der Waals surface area contributed by atoms with Gasteiger partial charge in [0.15, 0.2) is 0 Å². The van der Waals surface area contributed by atoms with Crippen LogP contribution in [-0.4, -0.2) is 20.6 Å². The molecule has 1 unspecified atom stereocenters. The van der Waals surface area contributed by atoms with Gasteiger partial charge >= 0.3 is 5.97 Å². The first-order chi connectivity index (χ1) is 6.75. The van der Waals surface area contributed by atoms with E-state index in [2.05, 4.69) is 50.2 Å². The van der Waals surface area contributed by atoms with Gasteiger partial charge in [-0.25, -0.2) is 9.78 Å². The van der Waals surface area contributed by atoms with Crippen molar-refractivity contribution < 1.29 is 9.90 Å². The van der Waals surface area contributed by atoms with Crippen LogP contribution in [0.3, 0.4) is 0 Å². The van der Waals surface area contributed by atoms with Crippen LogP contribution in [0, 0.1) is 12.8 Å². The van der Waals surface area contributed by atoms with E-state index >= 15 is 0 Å². The van der Waals surface area contributed by atoms with Crippen molar-refractivity contribution in [2.24, 2.45) is 5.41 Å². The highest BCUT2D eigenvalue weighted by Crippen LogP contribution is 2.32. The normalized spacial score (nSPS) is 13.9. The van der Waals surface area contributed by atoms with Crippen LogP contribution in [0.25, 0.3) is 0 Å². The summed E-state index contributed by atoms with van der Waals surface area (Å²) >= 11 is 4.22. The lowest BCUT2D eigenvalue weighted by molar-refractivity contribution is -0.144. The first kappa shape index (κ1) is 13.2. The zero-order chi connectivity index (χ0) is 11.8. The van der Waals surface area contributed by atoms with E-state index in [-0.39, 0.29) is 5.41 Å². The van der Waals surface area contributed by atoms with Gasteiger partial charge in [-0.1, -0.05) is 20.8 Å². The molecule has 1 aromatic rings. The van der Waals surface area contributed by atoms with E-state index < -0.39 is 12.0 Å². The molecule has 0 radical (unpaired) electrons. The Labute approximate surface area is 116 Å². The molecule has 15 heavy (non-hydrogen) atoms. The summed E-state index contributed by atoms with van der Waals surface area (Å²) in [7, 11) is 0. The van der Waals surface area contributed by atoms with E-state index in [0.29, 0.717) is 0 Å². The standard InChI is InChI=1S/C9H12I2N2O2/c1-9(2,3)5(8(14)15)13-4-12-6(10)7(13)11/h4-5H,1-3H3,(H,14,15). The van der Waals surface area contributed by atoms with Crippen LogP contribution >= 0.6 is 45.2 Å². The Morgan fingerprint density at radius 1 is 1.53 bits per heavy atom. The molecular formula is C9H12I2N2O2. The predicted octanol–water partition coefficient (Wildman–Crippen LogP) is 2.76. The monoisotopic (exact) mass is 434 g/mol. The van der Waals surface area contributed by atoms with Crippen LogP contribution in [0.1, 0.15) is 26.8 Å². The molecule has 0 amide bonds. The molecule has 0 aromatic carbocycles. The zero-order valence-electron chi connectivity index (χ0n) is 8.66. The van der Waals surface area contributed by atoms with Gasteiger partial charge in [-0.2, -0.15) is 0 Å². The molecular weight excluding hydrogens is 422 g/mol. The topological polar surface area (TPSA) is 55.1 Å². The Kier molecular flexibility index (Phi) is 4.01. The van der Waals surface area contributed by atoms with Crippen LogP contribution in [-0.2, 0) is 4.79 Å². The van der Waals surface area contributed by atoms with E-state index in [9.17, 15) is 9.90 Å². The van der Waals surface area contributed by atoms with Crippen molar-refractivity contribution in [1.82, 2.24) is 9.55 Å². The van der Waals surface area contributed by atoms with Crippen molar-refractivity contribution in [2.45, 2.75) is 26.8 Å². The third kappa shape index (κ3) is 2.83. The third-order valence-corrected chi connectivity index (χ3v) is 4.91. The number of halogens is 2. The average Bonchev–Trinajstić information content (AvgIpc) is 2.33. The van der Waals surface area contributed by atoms with Crippen LogP contribution in [0.4, 0.5) is 0 Å². The maximum atomic E-state index is 11.3. The highest BCUT2D eigenvalue weighted by Gasteiger charge is 2.34. The number of rotatable bonds is 2. The van der Waals surface area contributed by atoms with E-state index in [1.807, 2.05) is 20.8 Å². The van der Waals surface area contributed by atoms with Crippen molar-refractivity contribution >= 4 is 51.2 Å². The highest BCUT2D eigenvalue weighted by atomic mass is 127. The van der Waals surface area contributed by atoms with Crippen LogP contribution < -0.4 is 0 Å². The highest BCUT2D eigenvalue weighted by molar-refractivity contribution is 14.1. The van der Waals surface area contributed by atoms with Crippen LogP contribution in [0.15, 0.2) is 6.33 Å². The Balaban J connectivity index is 3.23. The fourth-order valence-corrected chi connectivity index (χ4v) is 2.36. The first-order valence-corrected chi connectivity index (χ1v) is 6.51. The molecule has 0 spiro atoms. The summed E-state index contributed by atoms with van der Waals surface area (Å²) in [6.45, 7) is 5.73. The number of nitrogens with zero attached hydrogens (tertiary/aromatic N) is 2. The fraction of sp³-hybridized carbons (Fsp3) is 0.556. The first-order valence-electron chi connectivity index (χ1n) is 4.35. The Morgan fingerprint density at radius 2 is 2.07 bits per heavy atom. The number of carboxylic acids is 1. The van der Waals surface area contributed by atoms with Crippen LogP contribution in [0.5, 0.6) is 0 Å². The van der Waals surface area contributed by atoms with Gasteiger partial charge in [-0.05, 0) is 50.6 Å². The molecule has 1 heterocycles. The number of hydrogen-bond acceptors (Lipinski definition) is 2. The zero-order valence-corrected chi connectivity index (χ0v) is 13.0. The maximum absolute atomic E-state index is 11.3. The van der Waals surface area contributed by atoms with Crippen molar-refractivity contribution in [2.75, 3.05) is 0 Å². The summed E-state index contributed by atoms with van der Waals surface area (Å²) in [6, 6.07) is -0.583. The minimum atomic E-state index is -0.825. The quantitative estimate of drug-likeness (QED) is 0.729. The van der Waals surface area contributed by atoms with Crippen molar-refractivity contribution in [3.05, 3.63) is 13.7 Å². The summed E-state index contributed by atoms with van der Waals surface area (Å²) < 4.78 is 3.42. The number of aliphatic carboxylic acids is 1. The van der Waals surface area contributed by atoms with E-state index in [0.717, 1.165) is 7.40 Å². The smallest absolute Gasteiger partial charge is 0.327 e. The summed E-state index contributed by atoms with van der Waals surface area (Å²) in [5, 5.41) is 9.24. The van der Waals surface area contributed by atoms with E-state index in [4.69, 9.17) is 0 Å². The second-order valence-electron chi connectivity index (χ2n) is 4.34. The van der Waals surface area contributed by atoms with Crippen molar-refractivity contribution in [3.63, 3.8) is 0 Å². The summed E-state index contributed by atoms with van der Waals surface area (Å²) in [4.78, 5) is 15.4. The summed E-state index contributed by atoms with van der Waals surface area (Å²) in [5.41, 5.74) is -0.338. The number of aromatic nitrogens is 2. The molecule has 0 saturated carbocycles. The van der Waals surface area contributed by atoms with Gasteiger partial charge in [0.05, 0.1) is 6.33 Å². The van der Waals surface area contributed by atoms with Gasteiger partial charge in [0.2, 0.25) is 0 Å². The molecule has 84 valence electrons. The number of hydrogen-bond donors (Lipinski definition) is 1. The van der Waals surface area contributed by atoms with E-state index in [1.165, 1.54) is 0 Å². The average molecular weight is 434 g/mol. The van der Waals surface area contributed by atoms with Gasteiger partial charge in [0.1, 0.15) is 13.4 Å². The molecule has 1 N–H and O–H groups in total. The molecule has 0 bridgehead atoms. The molecule has 4 nitrogen and oxygen atoms in total. The lowest BCUT2D eigenvalue weighted by atomic mass is 9.87. The van der Waals surface area contributed by atoms with Gasteiger partial charge in [0, 0.05) is 0 Å². The van der Waals surface area contributed by atoms with Crippen molar-refractivity contribution in [1.29, 1.82) is 0 Å². The largest absolute Gasteiger partial charge is 0.480 e. The second-order valence-corrected chi connectivity index (χ2v) is 6.38. The third-order valence-electron chi connectivity index (χ3n) is 2.02. The summed E-state index contributed by atoms with van der Waals surface area (Å²) in [6.07, 6.45) is 1.59. The molecule has 0 aliphatic rings. The Morgan fingerprint density at radius 3 is 2.33 bits per heavy atom. The molecule has 0 aliphatic heterocycles. The molecule has 1 rings (SSSR count). The predicted molar refractivity (Wildman–Crippen MR) is 73.8 cm³/mol. The van der Waals surface area contributed by atoms with Crippen LogP contribution in [0.2, 0.25) is 0 Å². The summed E-state index contributed by atoms with van der Waals surface area (Å²) in [5.74, 6) is -0.825. The van der Waals surface area contributed by atoms with Gasteiger partial charge in [0.25, 0.3) is 0 Å². The SMILES string of the molecule is CC(C)(C)C(C(=O)O)n1cnc(I)c1I. The molecule has 6 heteroatoms. The van der Waals surface area contributed by atoms with Gasteiger partial charge in [-0.15, -0.1) is 0 Å². The Bertz CT molecular complexity index is 382. The Hall–Kier alpha value is 0.140. The minimum absolute atomic E-state index is 0.338. The molecule has 1 aromatic heterocycles. The lowest BCUT2D eigenvalue weighted by Gasteiger charge is -2.28. The second kappa shape index (κ2) is 4.56. The minimum Gasteiger partial charge on any atom is -0.480 e. The number of carboxylic acid groups (broad SMARTS) is 1. The lowest BCUT2D eigenvalue weighted by Crippen LogP contribution is -2.31. The van der Waals surface area contributed by atoms with E-state index in [1.54, 1.807) is 10.9 Å². The maximum Gasteiger partial charge on any atom is 0.327 e. The molecule has 0 saturated heterocycles.